The number of hydrogen-bond donors (Lipinski definition) is 2. The van der Waals surface area contributed by atoms with Crippen LogP contribution in [0, 0.1) is 6.92 Å². The van der Waals surface area contributed by atoms with Crippen LogP contribution in [0.1, 0.15) is 26.3 Å². The molecule has 1 amide bonds. The Morgan fingerprint density at radius 3 is 2.52 bits per heavy atom. The number of carboxylic acids is 1. The van der Waals surface area contributed by atoms with E-state index in [2.05, 4.69) is 0 Å². The summed E-state index contributed by atoms with van der Waals surface area (Å²) >= 11 is 0. The molecule has 1 saturated heterocycles. The zero-order chi connectivity index (χ0) is 18.0. The van der Waals surface area contributed by atoms with Gasteiger partial charge in [-0.15, -0.1) is 0 Å². The third-order valence-corrected chi connectivity index (χ3v) is 4.16. The summed E-state index contributed by atoms with van der Waals surface area (Å²) in [4.78, 5) is 25.1. The maximum Gasteiger partial charge on any atom is 0.335 e. The van der Waals surface area contributed by atoms with Crippen molar-refractivity contribution in [2.75, 3.05) is 13.1 Å². The van der Waals surface area contributed by atoms with Crippen molar-refractivity contribution in [3.05, 3.63) is 65.2 Å². The lowest BCUT2D eigenvalue weighted by atomic mass is 10.1. The van der Waals surface area contributed by atoms with Gasteiger partial charge in [0.05, 0.1) is 18.7 Å². The molecule has 0 saturated carbocycles. The number of nitrogens with zero attached hydrogens (tertiary/aromatic N) is 1. The van der Waals surface area contributed by atoms with E-state index in [0.29, 0.717) is 11.3 Å². The molecule has 0 spiro atoms. The van der Waals surface area contributed by atoms with Crippen LogP contribution >= 0.6 is 0 Å². The number of benzene rings is 2. The van der Waals surface area contributed by atoms with Crippen LogP contribution in [0.15, 0.2) is 48.5 Å². The summed E-state index contributed by atoms with van der Waals surface area (Å²) in [5, 5.41) is 19.2. The lowest BCUT2D eigenvalue weighted by molar-refractivity contribution is 0.0686. The summed E-state index contributed by atoms with van der Waals surface area (Å²) in [5.74, 6) is -0.851. The summed E-state index contributed by atoms with van der Waals surface area (Å²) in [6.07, 6.45) is -1.43. The average Bonchev–Trinajstić information content (AvgIpc) is 2.95. The van der Waals surface area contributed by atoms with Gasteiger partial charge in [-0.05, 0) is 37.3 Å². The van der Waals surface area contributed by atoms with E-state index < -0.39 is 18.2 Å². The average molecular weight is 341 g/mol. The monoisotopic (exact) mass is 341 g/mol. The summed E-state index contributed by atoms with van der Waals surface area (Å²) in [5.41, 5.74) is 1.67. The van der Waals surface area contributed by atoms with Gasteiger partial charge in [0.15, 0.2) is 0 Å². The molecule has 1 fully saturated rings. The number of carbonyl (C=O) groups excluding carboxylic acids is 1. The fourth-order valence-corrected chi connectivity index (χ4v) is 2.88. The third kappa shape index (κ3) is 3.80. The lowest BCUT2D eigenvalue weighted by Gasteiger charge is -2.17. The van der Waals surface area contributed by atoms with E-state index in [9.17, 15) is 14.7 Å². The van der Waals surface area contributed by atoms with Crippen LogP contribution in [-0.2, 0) is 0 Å². The highest BCUT2D eigenvalue weighted by Crippen LogP contribution is 2.21. The Morgan fingerprint density at radius 1 is 1.08 bits per heavy atom. The molecule has 6 heteroatoms. The Labute approximate surface area is 145 Å². The number of amides is 1. The molecule has 0 bridgehead atoms. The second kappa shape index (κ2) is 6.94. The summed E-state index contributed by atoms with van der Waals surface area (Å²) in [6, 6.07) is 13.4. The minimum atomic E-state index is -1.05. The van der Waals surface area contributed by atoms with E-state index in [-0.39, 0.29) is 24.6 Å². The van der Waals surface area contributed by atoms with Crippen LogP contribution in [-0.4, -0.2) is 52.3 Å². The lowest BCUT2D eigenvalue weighted by Crippen LogP contribution is -2.31. The molecule has 2 N–H and O–H groups in total. The summed E-state index contributed by atoms with van der Waals surface area (Å²) < 4.78 is 5.71. The molecule has 2 atom stereocenters. The predicted molar refractivity (Wildman–Crippen MR) is 90.9 cm³/mol. The van der Waals surface area contributed by atoms with E-state index in [4.69, 9.17) is 9.84 Å². The van der Waals surface area contributed by atoms with Crippen molar-refractivity contribution in [2.24, 2.45) is 0 Å². The van der Waals surface area contributed by atoms with Crippen LogP contribution in [0.5, 0.6) is 5.75 Å². The molecule has 0 unspecified atom stereocenters. The molecule has 0 radical (unpaired) electrons. The Bertz CT molecular complexity index is 804. The number of ether oxygens (including phenoxy) is 1. The number of aromatic carboxylic acids is 1. The molecular weight excluding hydrogens is 322 g/mol. The van der Waals surface area contributed by atoms with Crippen LogP contribution in [0.4, 0.5) is 0 Å². The molecule has 2 aromatic rings. The Hall–Kier alpha value is -2.86. The number of β-amino-alcohol motifs (C(OH)–C–C–N with tert-alkyl or cyclic N) is 1. The van der Waals surface area contributed by atoms with Crippen LogP contribution < -0.4 is 4.74 Å². The van der Waals surface area contributed by atoms with Gasteiger partial charge in [-0.3, -0.25) is 4.79 Å². The molecule has 25 heavy (non-hydrogen) atoms. The maximum atomic E-state index is 12.6. The maximum absolute atomic E-state index is 12.6. The van der Waals surface area contributed by atoms with Gasteiger partial charge < -0.3 is 19.8 Å². The van der Waals surface area contributed by atoms with Gasteiger partial charge in [0.25, 0.3) is 5.91 Å². The Balaban J connectivity index is 1.70. The van der Waals surface area contributed by atoms with Crippen molar-refractivity contribution in [3.8, 4) is 5.75 Å². The van der Waals surface area contributed by atoms with Gasteiger partial charge in [0.1, 0.15) is 18.0 Å². The number of carboxylic acid groups (broad SMARTS) is 1. The predicted octanol–water partition coefficient (Wildman–Crippen LogP) is 1.96. The summed E-state index contributed by atoms with van der Waals surface area (Å²) in [6.45, 7) is 2.33. The van der Waals surface area contributed by atoms with Crippen LogP contribution in [0.2, 0.25) is 0 Å². The smallest absolute Gasteiger partial charge is 0.335 e. The minimum Gasteiger partial charge on any atom is -0.486 e. The van der Waals surface area contributed by atoms with Gasteiger partial charge >= 0.3 is 5.97 Å². The quantitative estimate of drug-likeness (QED) is 0.888. The Kier molecular flexibility index (Phi) is 4.72. The van der Waals surface area contributed by atoms with Gasteiger partial charge in [0.2, 0.25) is 0 Å². The molecule has 1 aliphatic rings. The van der Waals surface area contributed by atoms with Crippen LogP contribution in [0.3, 0.4) is 0 Å². The largest absolute Gasteiger partial charge is 0.486 e. The van der Waals surface area contributed by atoms with E-state index in [1.807, 2.05) is 19.1 Å². The number of aliphatic hydroxyl groups excluding tert-OH is 1. The first kappa shape index (κ1) is 17.0. The topological polar surface area (TPSA) is 87.1 Å². The first-order chi connectivity index (χ1) is 11.9. The zero-order valence-electron chi connectivity index (χ0n) is 13.8. The van der Waals surface area contributed by atoms with E-state index in [0.717, 1.165) is 5.56 Å². The molecule has 3 rings (SSSR count). The third-order valence-electron chi connectivity index (χ3n) is 4.16. The molecule has 1 heterocycles. The number of aryl methyl sites for hydroxylation is 1. The molecule has 0 aromatic heterocycles. The van der Waals surface area contributed by atoms with Crippen LogP contribution in [0.25, 0.3) is 0 Å². The first-order valence-electron chi connectivity index (χ1n) is 7.98. The first-order valence-corrected chi connectivity index (χ1v) is 7.98. The number of hydrogen-bond acceptors (Lipinski definition) is 4. The molecule has 1 aliphatic heterocycles. The molecule has 0 aliphatic carbocycles. The fraction of sp³-hybridized carbons (Fsp3) is 0.263. The van der Waals surface area contributed by atoms with Gasteiger partial charge in [-0.1, -0.05) is 23.8 Å². The van der Waals surface area contributed by atoms with Gasteiger partial charge in [-0.25, -0.2) is 4.79 Å². The molecule has 130 valence electrons. The SMILES string of the molecule is Cc1cccc(C(=O)N2C[C@@H](O)[C@H](Oc3cccc(C(=O)O)c3)C2)c1. The second-order valence-electron chi connectivity index (χ2n) is 6.14. The van der Waals surface area contributed by atoms with Crippen molar-refractivity contribution in [1.29, 1.82) is 0 Å². The highest BCUT2D eigenvalue weighted by Gasteiger charge is 2.36. The van der Waals surface area contributed by atoms with Crippen molar-refractivity contribution in [2.45, 2.75) is 19.1 Å². The number of rotatable bonds is 4. The second-order valence-corrected chi connectivity index (χ2v) is 6.14. The van der Waals surface area contributed by atoms with Gasteiger partial charge in [0, 0.05) is 5.56 Å². The van der Waals surface area contributed by atoms with Crippen molar-refractivity contribution in [1.82, 2.24) is 4.90 Å². The van der Waals surface area contributed by atoms with E-state index >= 15 is 0 Å². The minimum absolute atomic E-state index is 0.109. The highest BCUT2D eigenvalue weighted by atomic mass is 16.5. The number of likely N-dealkylation sites (tertiary alicyclic amines) is 1. The number of aliphatic hydroxyl groups is 1. The highest BCUT2D eigenvalue weighted by molar-refractivity contribution is 5.94. The standard InChI is InChI=1S/C19H19NO5/c1-12-4-2-5-13(8-12)18(22)20-10-16(21)17(11-20)25-15-7-3-6-14(9-15)19(23)24/h2-9,16-17,21H,10-11H2,1H3,(H,23,24)/t16-,17-/m1/s1. The van der Waals surface area contributed by atoms with E-state index in [1.165, 1.54) is 12.1 Å². The molecular formula is C19H19NO5. The zero-order valence-corrected chi connectivity index (χ0v) is 13.8. The Morgan fingerprint density at radius 2 is 1.80 bits per heavy atom. The fourth-order valence-electron chi connectivity index (χ4n) is 2.88. The summed E-state index contributed by atoms with van der Waals surface area (Å²) in [7, 11) is 0. The normalized spacial score (nSPS) is 19.7. The van der Waals surface area contributed by atoms with Gasteiger partial charge in [-0.2, -0.15) is 0 Å². The van der Waals surface area contributed by atoms with Crippen molar-refractivity contribution >= 4 is 11.9 Å². The van der Waals surface area contributed by atoms with E-state index in [1.54, 1.807) is 29.2 Å². The van der Waals surface area contributed by atoms with Crippen molar-refractivity contribution < 1.29 is 24.5 Å². The number of carbonyl (C=O) groups is 2. The molecule has 6 nitrogen and oxygen atoms in total. The molecule has 2 aromatic carbocycles. The van der Waals surface area contributed by atoms with Crippen molar-refractivity contribution in [3.63, 3.8) is 0 Å².